The number of aryl methyl sites for hydroxylation is 1. The van der Waals surface area contributed by atoms with Gasteiger partial charge in [-0.05, 0) is 74.0 Å². The first-order valence-electron chi connectivity index (χ1n) is 8.98. The predicted octanol–water partition coefficient (Wildman–Crippen LogP) is 4.45. The van der Waals surface area contributed by atoms with Crippen LogP contribution in [0.5, 0.6) is 0 Å². The van der Waals surface area contributed by atoms with Gasteiger partial charge in [0.25, 0.3) is 5.91 Å². The quantitative estimate of drug-likeness (QED) is 0.842. The normalized spacial score (nSPS) is 23.4. The lowest BCUT2D eigenvalue weighted by Crippen LogP contribution is -2.32. The van der Waals surface area contributed by atoms with Crippen LogP contribution in [0, 0.1) is 18.8 Å². The van der Waals surface area contributed by atoms with E-state index in [-0.39, 0.29) is 5.91 Å². The summed E-state index contributed by atoms with van der Waals surface area (Å²) < 4.78 is 0. The van der Waals surface area contributed by atoms with Crippen LogP contribution in [0.15, 0.2) is 30.3 Å². The first-order chi connectivity index (χ1) is 12.1. The summed E-state index contributed by atoms with van der Waals surface area (Å²) in [4.78, 5) is 17.1. The second-order valence-electron chi connectivity index (χ2n) is 7.18. The van der Waals surface area contributed by atoms with Crippen LogP contribution in [0.4, 0.5) is 0 Å². The van der Waals surface area contributed by atoms with Crippen molar-refractivity contribution in [1.29, 1.82) is 0 Å². The monoisotopic (exact) mass is 374 g/mol. The highest BCUT2D eigenvalue weighted by Crippen LogP contribution is 2.35. The third kappa shape index (κ3) is 3.48. The molecule has 3 heterocycles. The SMILES string of the molecule is Cc1cc(C(=O)N2CC[C@@H]3CNC[C@@H]3CC2)sc1-c1cccc(Cl)c1. The zero-order valence-electron chi connectivity index (χ0n) is 14.4. The summed E-state index contributed by atoms with van der Waals surface area (Å²) in [5.41, 5.74) is 2.23. The van der Waals surface area contributed by atoms with E-state index in [1.54, 1.807) is 11.3 Å². The summed E-state index contributed by atoms with van der Waals surface area (Å²) >= 11 is 7.72. The number of thiophene rings is 1. The molecule has 0 bridgehead atoms. The fraction of sp³-hybridized carbons (Fsp3) is 0.450. The molecule has 1 amide bonds. The molecule has 5 heteroatoms. The van der Waals surface area contributed by atoms with Crippen LogP contribution in [0.25, 0.3) is 10.4 Å². The van der Waals surface area contributed by atoms with Gasteiger partial charge >= 0.3 is 0 Å². The van der Waals surface area contributed by atoms with Gasteiger partial charge in [-0.15, -0.1) is 11.3 Å². The smallest absolute Gasteiger partial charge is 0.263 e. The summed E-state index contributed by atoms with van der Waals surface area (Å²) in [6.45, 7) is 6.06. The average molecular weight is 375 g/mol. The molecular weight excluding hydrogens is 352 g/mol. The number of likely N-dealkylation sites (tertiary alicyclic amines) is 1. The molecular formula is C20H23ClN2OS. The molecule has 0 unspecified atom stereocenters. The lowest BCUT2D eigenvalue weighted by atomic mass is 9.92. The van der Waals surface area contributed by atoms with Crippen molar-refractivity contribution in [3.05, 3.63) is 45.8 Å². The standard InChI is InChI=1S/C20H23ClN2OS/c1-13-9-18(25-19(13)14-3-2-4-17(21)10-14)20(24)23-7-5-15-11-22-12-16(15)6-8-23/h2-4,9-10,15-16,22H,5-8,11-12H2,1H3/t15-,16+. The van der Waals surface area contributed by atoms with Crippen LogP contribution in [0.2, 0.25) is 5.02 Å². The lowest BCUT2D eigenvalue weighted by molar-refractivity contribution is 0.0763. The third-order valence-corrected chi connectivity index (χ3v) is 7.03. The van der Waals surface area contributed by atoms with Gasteiger partial charge in [0.1, 0.15) is 0 Å². The molecule has 1 aromatic carbocycles. The number of hydrogen-bond acceptors (Lipinski definition) is 3. The Balaban J connectivity index is 1.54. The number of hydrogen-bond donors (Lipinski definition) is 1. The maximum Gasteiger partial charge on any atom is 0.263 e. The summed E-state index contributed by atoms with van der Waals surface area (Å²) in [7, 11) is 0. The Labute approximate surface area is 158 Å². The molecule has 0 radical (unpaired) electrons. The van der Waals surface area contributed by atoms with Crippen LogP contribution in [0.3, 0.4) is 0 Å². The molecule has 2 aliphatic heterocycles. The minimum absolute atomic E-state index is 0.189. The van der Waals surface area contributed by atoms with Crippen molar-refractivity contribution in [2.75, 3.05) is 26.2 Å². The van der Waals surface area contributed by atoms with E-state index in [0.29, 0.717) is 0 Å². The van der Waals surface area contributed by atoms with Crippen LogP contribution in [0.1, 0.15) is 28.1 Å². The fourth-order valence-electron chi connectivity index (χ4n) is 4.08. The molecule has 1 aromatic heterocycles. The van der Waals surface area contributed by atoms with Gasteiger partial charge in [0.2, 0.25) is 0 Å². The summed E-state index contributed by atoms with van der Waals surface area (Å²) in [5, 5.41) is 4.22. The Morgan fingerprint density at radius 3 is 2.60 bits per heavy atom. The largest absolute Gasteiger partial charge is 0.338 e. The second-order valence-corrected chi connectivity index (χ2v) is 8.67. The van der Waals surface area contributed by atoms with E-state index in [1.807, 2.05) is 24.3 Å². The number of carbonyl (C=O) groups is 1. The number of carbonyl (C=O) groups excluding carboxylic acids is 1. The summed E-state index contributed by atoms with van der Waals surface area (Å²) in [6.07, 6.45) is 2.24. The molecule has 2 aromatic rings. The van der Waals surface area contributed by atoms with Crippen molar-refractivity contribution in [3.8, 4) is 10.4 Å². The Bertz CT molecular complexity index is 774. The summed E-state index contributed by atoms with van der Waals surface area (Å²) in [6, 6.07) is 9.90. The molecule has 2 saturated heterocycles. The van der Waals surface area contributed by atoms with Gasteiger partial charge in [-0.25, -0.2) is 0 Å². The van der Waals surface area contributed by atoms with Crippen LogP contribution in [-0.2, 0) is 0 Å². The lowest BCUT2D eigenvalue weighted by Gasteiger charge is -2.20. The Morgan fingerprint density at radius 1 is 1.20 bits per heavy atom. The zero-order valence-corrected chi connectivity index (χ0v) is 16.0. The third-order valence-electron chi connectivity index (χ3n) is 5.52. The van der Waals surface area contributed by atoms with Crippen molar-refractivity contribution in [3.63, 3.8) is 0 Å². The van der Waals surface area contributed by atoms with E-state index < -0.39 is 0 Å². The fourth-order valence-corrected chi connectivity index (χ4v) is 5.41. The number of fused-ring (bicyclic) bond motifs is 1. The van der Waals surface area contributed by atoms with Gasteiger partial charge in [0, 0.05) is 23.0 Å². The minimum Gasteiger partial charge on any atom is -0.338 e. The van der Waals surface area contributed by atoms with E-state index in [2.05, 4.69) is 23.2 Å². The Hall–Kier alpha value is -1.36. The average Bonchev–Trinajstić information content (AvgIpc) is 3.16. The Morgan fingerprint density at radius 2 is 1.92 bits per heavy atom. The van der Waals surface area contributed by atoms with Gasteiger partial charge in [0.15, 0.2) is 0 Å². The maximum atomic E-state index is 13.0. The minimum atomic E-state index is 0.189. The van der Waals surface area contributed by atoms with Crippen molar-refractivity contribution < 1.29 is 4.79 Å². The zero-order chi connectivity index (χ0) is 17.4. The highest BCUT2D eigenvalue weighted by molar-refractivity contribution is 7.17. The number of halogens is 1. The highest BCUT2D eigenvalue weighted by atomic mass is 35.5. The molecule has 1 N–H and O–H groups in total. The van der Waals surface area contributed by atoms with E-state index in [4.69, 9.17) is 11.6 Å². The number of nitrogens with zero attached hydrogens (tertiary/aromatic N) is 1. The number of rotatable bonds is 2. The second kappa shape index (κ2) is 7.10. The van der Waals surface area contributed by atoms with Crippen molar-refractivity contribution in [2.45, 2.75) is 19.8 Å². The molecule has 0 spiro atoms. The van der Waals surface area contributed by atoms with E-state index >= 15 is 0 Å². The van der Waals surface area contributed by atoms with E-state index in [9.17, 15) is 4.79 Å². The van der Waals surface area contributed by atoms with Crippen LogP contribution in [-0.4, -0.2) is 37.0 Å². The van der Waals surface area contributed by atoms with Crippen molar-refractivity contribution in [2.24, 2.45) is 11.8 Å². The first kappa shape index (κ1) is 17.1. The topological polar surface area (TPSA) is 32.3 Å². The van der Waals surface area contributed by atoms with Crippen LogP contribution < -0.4 is 5.32 Å². The maximum absolute atomic E-state index is 13.0. The van der Waals surface area contributed by atoms with Gasteiger partial charge < -0.3 is 10.2 Å². The van der Waals surface area contributed by atoms with Gasteiger partial charge in [0.05, 0.1) is 4.88 Å². The molecule has 132 valence electrons. The molecule has 4 rings (SSSR count). The Kier molecular flexibility index (Phi) is 4.85. The van der Waals surface area contributed by atoms with E-state index in [1.165, 1.54) is 0 Å². The summed E-state index contributed by atoms with van der Waals surface area (Å²) in [5.74, 6) is 1.67. The number of benzene rings is 1. The van der Waals surface area contributed by atoms with Crippen molar-refractivity contribution >= 4 is 28.8 Å². The molecule has 0 saturated carbocycles. The van der Waals surface area contributed by atoms with Gasteiger partial charge in [-0.2, -0.15) is 0 Å². The highest BCUT2D eigenvalue weighted by Gasteiger charge is 2.32. The van der Waals surface area contributed by atoms with Crippen LogP contribution >= 0.6 is 22.9 Å². The predicted molar refractivity (Wildman–Crippen MR) is 104 cm³/mol. The number of nitrogens with one attached hydrogen (secondary N) is 1. The molecule has 2 atom stereocenters. The molecule has 25 heavy (non-hydrogen) atoms. The van der Waals surface area contributed by atoms with Crippen molar-refractivity contribution in [1.82, 2.24) is 10.2 Å². The van der Waals surface area contributed by atoms with Gasteiger partial charge in [-0.3, -0.25) is 4.79 Å². The molecule has 2 fully saturated rings. The van der Waals surface area contributed by atoms with Gasteiger partial charge in [-0.1, -0.05) is 23.7 Å². The molecule has 2 aliphatic rings. The number of amides is 1. The van der Waals surface area contributed by atoms with E-state index in [0.717, 1.165) is 76.8 Å². The molecule has 0 aliphatic carbocycles. The molecule has 3 nitrogen and oxygen atoms in total. The first-order valence-corrected chi connectivity index (χ1v) is 10.2.